The molecule has 0 saturated heterocycles. The monoisotopic (exact) mass is 208 g/mol. The van der Waals surface area contributed by atoms with Gasteiger partial charge in [0.25, 0.3) is 5.69 Å². The summed E-state index contributed by atoms with van der Waals surface area (Å²) < 4.78 is 0. The lowest BCUT2D eigenvalue weighted by molar-refractivity contribution is -0.385. The van der Waals surface area contributed by atoms with Crippen LogP contribution >= 0.6 is 0 Å². The fourth-order valence-corrected chi connectivity index (χ4v) is 1.40. The van der Waals surface area contributed by atoms with Crippen LogP contribution in [0.2, 0.25) is 0 Å². The third kappa shape index (κ3) is 3.02. The average Bonchev–Trinajstić information content (AvgIpc) is 2.18. The highest BCUT2D eigenvalue weighted by Crippen LogP contribution is 2.22. The van der Waals surface area contributed by atoms with Crippen LogP contribution in [0.5, 0.6) is 0 Å². The molecule has 0 saturated carbocycles. The topological polar surface area (TPSA) is 69.2 Å². The van der Waals surface area contributed by atoms with E-state index in [1.165, 1.54) is 6.07 Å². The Morgan fingerprint density at radius 3 is 2.60 bits per heavy atom. The minimum atomic E-state index is -0.383. The van der Waals surface area contributed by atoms with Gasteiger partial charge in [0, 0.05) is 17.2 Å². The Kier molecular flexibility index (Phi) is 3.42. The van der Waals surface area contributed by atoms with Gasteiger partial charge in [-0.2, -0.15) is 0 Å². The molecule has 0 spiro atoms. The van der Waals surface area contributed by atoms with Gasteiger partial charge in [0.15, 0.2) is 0 Å². The van der Waals surface area contributed by atoms with Gasteiger partial charge < -0.3 is 5.73 Å². The van der Waals surface area contributed by atoms with E-state index in [1.54, 1.807) is 18.2 Å². The molecular formula is C11H16N2O2. The summed E-state index contributed by atoms with van der Waals surface area (Å²) in [7, 11) is 0. The third-order valence-corrected chi connectivity index (χ3v) is 2.59. The van der Waals surface area contributed by atoms with E-state index in [0.717, 1.165) is 6.42 Å². The first kappa shape index (κ1) is 11.7. The second-order valence-electron chi connectivity index (χ2n) is 4.07. The molecule has 15 heavy (non-hydrogen) atoms. The smallest absolute Gasteiger partial charge is 0.272 e. The van der Waals surface area contributed by atoms with Gasteiger partial charge in [-0.25, -0.2) is 0 Å². The fourth-order valence-electron chi connectivity index (χ4n) is 1.40. The zero-order chi connectivity index (χ0) is 11.5. The molecule has 0 heterocycles. The van der Waals surface area contributed by atoms with E-state index < -0.39 is 0 Å². The maximum atomic E-state index is 10.8. The Hall–Kier alpha value is -1.42. The Morgan fingerprint density at radius 2 is 2.07 bits per heavy atom. The van der Waals surface area contributed by atoms with Gasteiger partial charge in [-0.05, 0) is 19.8 Å². The van der Waals surface area contributed by atoms with Crippen molar-refractivity contribution >= 4 is 5.69 Å². The number of nitro benzene ring substituents is 1. The van der Waals surface area contributed by atoms with E-state index in [1.807, 2.05) is 13.8 Å². The minimum Gasteiger partial charge on any atom is -0.325 e. The van der Waals surface area contributed by atoms with Gasteiger partial charge in [-0.15, -0.1) is 0 Å². The zero-order valence-electron chi connectivity index (χ0n) is 9.06. The highest BCUT2D eigenvalue weighted by atomic mass is 16.6. The Labute approximate surface area is 89.2 Å². The lowest BCUT2D eigenvalue weighted by Crippen LogP contribution is -2.37. The van der Waals surface area contributed by atoms with Crippen molar-refractivity contribution in [1.82, 2.24) is 0 Å². The molecular weight excluding hydrogens is 192 g/mol. The van der Waals surface area contributed by atoms with Gasteiger partial charge >= 0.3 is 0 Å². The van der Waals surface area contributed by atoms with Crippen LogP contribution in [-0.4, -0.2) is 10.5 Å². The number of benzene rings is 1. The van der Waals surface area contributed by atoms with E-state index >= 15 is 0 Å². The minimum absolute atomic E-state index is 0.155. The molecule has 0 aliphatic carbocycles. The maximum Gasteiger partial charge on any atom is 0.272 e. The number of hydrogen-bond acceptors (Lipinski definition) is 3. The number of para-hydroxylation sites is 1. The Morgan fingerprint density at radius 1 is 1.47 bits per heavy atom. The van der Waals surface area contributed by atoms with Crippen LogP contribution in [0.25, 0.3) is 0 Å². The summed E-state index contributed by atoms with van der Waals surface area (Å²) in [6, 6.07) is 6.75. The number of hydrogen-bond donors (Lipinski definition) is 1. The van der Waals surface area contributed by atoms with E-state index in [0.29, 0.717) is 12.0 Å². The van der Waals surface area contributed by atoms with Crippen LogP contribution in [0.3, 0.4) is 0 Å². The van der Waals surface area contributed by atoms with Crippen LogP contribution in [0.1, 0.15) is 25.8 Å². The van der Waals surface area contributed by atoms with Crippen molar-refractivity contribution in [3.63, 3.8) is 0 Å². The molecule has 4 heteroatoms. The zero-order valence-corrected chi connectivity index (χ0v) is 9.06. The molecule has 4 nitrogen and oxygen atoms in total. The van der Waals surface area contributed by atoms with Crippen LogP contribution in [0.4, 0.5) is 5.69 Å². The summed E-state index contributed by atoms with van der Waals surface area (Å²) in [5.41, 5.74) is 6.47. The van der Waals surface area contributed by atoms with Crippen LogP contribution in [-0.2, 0) is 6.42 Å². The van der Waals surface area contributed by atoms with Crippen molar-refractivity contribution in [2.24, 2.45) is 5.73 Å². The molecule has 1 aromatic carbocycles. The number of nitrogens with two attached hydrogens (primary N) is 1. The lowest BCUT2D eigenvalue weighted by atomic mass is 9.91. The largest absolute Gasteiger partial charge is 0.325 e. The summed E-state index contributed by atoms with van der Waals surface area (Å²) in [5, 5.41) is 10.8. The molecule has 1 unspecified atom stereocenters. The van der Waals surface area contributed by atoms with Crippen LogP contribution in [0.15, 0.2) is 24.3 Å². The van der Waals surface area contributed by atoms with Crippen molar-refractivity contribution in [3.05, 3.63) is 39.9 Å². The molecule has 0 aliphatic heterocycles. The predicted molar refractivity (Wildman–Crippen MR) is 59.7 cm³/mol. The number of nitrogens with zero attached hydrogens (tertiary/aromatic N) is 1. The molecule has 0 aliphatic rings. The molecule has 1 rings (SSSR count). The third-order valence-electron chi connectivity index (χ3n) is 2.59. The molecule has 0 radical (unpaired) electrons. The summed E-state index contributed by atoms with van der Waals surface area (Å²) in [5.74, 6) is 0. The summed E-state index contributed by atoms with van der Waals surface area (Å²) >= 11 is 0. The van der Waals surface area contributed by atoms with Gasteiger partial charge in [0.05, 0.1) is 4.92 Å². The lowest BCUT2D eigenvalue weighted by Gasteiger charge is -2.22. The quantitative estimate of drug-likeness (QED) is 0.609. The number of rotatable bonds is 4. The van der Waals surface area contributed by atoms with Gasteiger partial charge in [-0.1, -0.05) is 25.1 Å². The molecule has 0 aromatic heterocycles. The fraction of sp³-hybridized carbons (Fsp3) is 0.455. The normalized spacial score (nSPS) is 14.6. The summed E-state index contributed by atoms with van der Waals surface area (Å²) in [6.45, 7) is 3.89. The standard InChI is InChI=1S/C11H16N2O2/c1-3-11(2,12)8-9-6-4-5-7-10(9)13(14)15/h4-7H,3,8,12H2,1-2H3. The van der Waals surface area contributed by atoms with E-state index in [-0.39, 0.29) is 16.1 Å². The molecule has 0 fully saturated rings. The second kappa shape index (κ2) is 4.40. The molecule has 1 atom stereocenters. The molecule has 0 amide bonds. The van der Waals surface area contributed by atoms with E-state index in [9.17, 15) is 10.1 Å². The van der Waals surface area contributed by atoms with E-state index in [2.05, 4.69) is 0 Å². The van der Waals surface area contributed by atoms with Gasteiger partial charge in [0.2, 0.25) is 0 Å². The molecule has 1 aromatic rings. The van der Waals surface area contributed by atoms with Crippen molar-refractivity contribution in [2.75, 3.05) is 0 Å². The highest BCUT2D eigenvalue weighted by Gasteiger charge is 2.21. The first-order valence-corrected chi connectivity index (χ1v) is 4.97. The summed E-state index contributed by atoms with van der Waals surface area (Å²) in [6.07, 6.45) is 1.32. The Balaban J connectivity index is 2.99. The van der Waals surface area contributed by atoms with Gasteiger partial charge in [0.1, 0.15) is 0 Å². The van der Waals surface area contributed by atoms with Gasteiger partial charge in [-0.3, -0.25) is 10.1 Å². The molecule has 2 N–H and O–H groups in total. The van der Waals surface area contributed by atoms with Crippen LogP contribution < -0.4 is 5.73 Å². The van der Waals surface area contributed by atoms with Crippen molar-refractivity contribution < 1.29 is 4.92 Å². The Bertz CT molecular complexity index is 361. The number of nitro groups is 1. The summed E-state index contributed by atoms with van der Waals surface area (Å²) in [4.78, 5) is 10.4. The van der Waals surface area contributed by atoms with Crippen LogP contribution in [0, 0.1) is 10.1 Å². The first-order valence-electron chi connectivity index (χ1n) is 4.97. The SMILES string of the molecule is CCC(C)(N)Cc1ccccc1[N+](=O)[O-]. The van der Waals surface area contributed by atoms with Crippen molar-refractivity contribution in [1.29, 1.82) is 0 Å². The van der Waals surface area contributed by atoms with Crippen molar-refractivity contribution in [3.8, 4) is 0 Å². The average molecular weight is 208 g/mol. The molecule has 0 bridgehead atoms. The molecule has 82 valence electrons. The first-order chi connectivity index (χ1) is 6.96. The van der Waals surface area contributed by atoms with Crippen molar-refractivity contribution in [2.45, 2.75) is 32.2 Å². The maximum absolute atomic E-state index is 10.8. The van der Waals surface area contributed by atoms with E-state index in [4.69, 9.17) is 5.73 Å². The highest BCUT2D eigenvalue weighted by molar-refractivity contribution is 5.40. The predicted octanol–water partition coefficient (Wildman–Crippen LogP) is 2.26. The second-order valence-corrected chi connectivity index (χ2v) is 4.07.